The van der Waals surface area contributed by atoms with Crippen molar-refractivity contribution in [2.24, 2.45) is 5.73 Å². The van der Waals surface area contributed by atoms with Crippen LogP contribution in [0.25, 0.3) is 11.1 Å². The Bertz CT molecular complexity index is 1080. The highest BCUT2D eigenvalue weighted by atomic mass is 16.2. The zero-order valence-corrected chi connectivity index (χ0v) is 19.3. The van der Waals surface area contributed by atoms with E-state index < -0.39 is 11.6 Å². The SMILES string of the molecule is CC(C)N1Cc2cc(-c3ccc(C[C@@H](C#N)NC(=O)C4(N)CCCCC4)cc3)cnc2C1=O. The fraction of sp³-hybridized carbons (Fsp3) is 0.462. The van der Waals surface area contributed by atoms with Gasteiger partial charge < -0.3 is 16.0 Å². The third kappa shape index (κ3) is 4.76. The van der Waals surface area contributed by atoms with Gasteiger partial charge in [-0.3, -0.25) is 14.6 Å². The van der Waals surface area contributed by atoms with Crippen LogP contribution in [-0.4, -0.2) is 39.3 Å². The molecule has 33 heavy (non-hydrogen) atoms. The van der Waals surface area contributed by atoms with Crippen molar-refractivity contribution in [1.82, 2.24) is 15.2 Å². The van der Waals surface area contributed by atoms with Gasteiger partial charge in [0.15, 0.2) is 0 Å². The van der Waals surface area contributed by atoms with Crippen LogP contribution in [0.4, 0.5) is 0 Å². The second kappa shape index (κ2) is 9.32. The van der Waals surface area contributed by atoms with E-state index in [1.807, 2.05) is 49.1 Å². The first-order valence-electron chi connectivity index (χ1n) is 11.7. The Morgan fingerprint density at radius 2 is 1.91 bits per heavy atom. The Morgan fingerprint density at radius 3 is 2.55 bits per heavy atom. The number of nitrogens with one attached hydrogen (secondary N) is 1. The van der Waals surface area contributed by atoms with Crippen molar-refractivity contribution < 1.29 is 9.59 Å². The predicted octanol–water partition coefficient (Wildman–Crippen LogP) is 3.33. The van der Waals surface area contributed by atoms with Gasteiger partial charge in [-0.2, -0.15) is 5.26 Å². The standard InChI is InChI=1S/C26H31N5O2/c1-17(2)31-16-21-13-20(15-29-23(21)24(31)32)19-8-6-18(7-9-19)12-22(14-27)30-25(33)26(28)10-4-3-5-11-26/h6-9,13,15,17,22H,3-5,10-12,16,28H2,1-2H3,(H,30,33)/t22-/m0/s1. The largest absolute Gasteiger partial charge is 0.338 e. The van der Waals surface area contributed by atoms with E-state index in [1.54, 1.807) is 6.20 Å². The van der Waals surface area contributed by atoms with Crippen LogP contribution >= 0.6 is 0 Å². The first-order chi connectivity index (χ1) is 15.8. The van der Waals surface area contributed by atoms with Gasteiger partial charge in [0.2, 0.25) is 5.91 Å². The van der Waals surface area contributed by atoms with Gasteiger partial charge in [-0.1, -0.05) is 43.5 Å². The van der Waals surface area contributed by atoms with Gasteiger partial charge in [-0.05, 0) is 43.9 Å². The second-order valence-corrected chi connectivity index (χ2v) is 9.53. The maximum atomic E-state index is 12.7. The molecule has 3 N–H and O–H groups in total. The minimum Gasteiger partial charge on any atom is -0.338 e. The number of nitriles is 1. The van der Waals surface area contributed by atoms with Gasteiger partial charge in [-0.25, -0.2) is 0 Å². The first kappa shape index (κ1) is 22.9. The van der Waals surface area contributed by atoms with E-state index in [4.69, 9.17) is 5.73 Å². The van der Waals surface area contributed by atoms with Gasteiger partial charge in [0.1, 0.15) is 11.7 Å². The number of nitrogens with zero attached hydrogens (tertiary/aromatic N) is 3. The Kier molecular flexibility index (Phi) is 6.48. The molecule has 7 heteroatoms. The number of pyridine rings is 1. The summed E-state index contributed by atoms with van der Waals surface area (Å²) in [5.74, 6) is -0.237. The van der Waals surface area contributed by atoms with Crippen molar-refractivity contribution >= 4 is 11.8 Å². The number of hydrogen-bond donors (Lipinski definition) is 2. The summed E-state index contributed by atoms with van der Waals surface area (Å²) >= 11 is 0. The zero-order valence-electron chi connectivity index (χ0n) is 19.3. The maximum absolute atomic E-state index is 12.7. The van der Waals surface area contributed by atoms with Crippen molar-refractivity contribution in [2.75, 3.05) is 0 Å². The van der Waals surface area contributed by atoms with Crippen LogP contribution < -0.4 is 11.1 Å². The van der Waals surface area contributed by atoms with Crippen LogP contribution in [0.1, 0.15) is 67.6 Å². The Labute approximate surface area is 195 Å². The number of aromatic nitrogens is 1. The Hall–Kier alpha value is -3.24. The molecule has 0 spiro atoms. The van der Waals surface area contributed by atoms with Crippen molar-refractivity contribution in [2.45, 2.75) is 76.5 Å². The Morgan fingerprint density at radius 1 is 1.21 bits per heavy atom. The topological polar surface area (TPSA) is 112 Å². The van der Waals surface area contributed by atoms with E-state index >= 15 is 0 Å². The summed E-state index contributed by atoms with van der Waals surface area (Å²) in [6.07, 6.45) is 6.49. The van der Waals surface area contributed by atoms with Gasteiger partial charge in [0, 0.05) is 36.3 Å². The van der Waals surface area contributed by atoms with Crippen LogP contribution in [0.3, 0.4) is 0 Å². The number of carbonyl (C=O) groups excluding carboxylic acids is 2. The van der Waals surface area contributed by atoms with Crippen LogP contribution in [0.15, 0.2) is 36.5 Å². The first-order valence-corrected chi connectivity index (χ1v) is 11.7. The fourth-order valence-corrected chi connectivity index (χ4v) is 4.70. The molecule has 1 fully saturated rings. The number of carbonyl (C=O) groups is 2. The highest BCUT2D eigenvalue weighted by Gasteiger charge is 2.36. The lowest BCUT2D eigenvalue weighted by Gasteiger charge is -2.32. The number of rotatable bonds is 6. The molecule has 1 aliphatic carbocycles. The molecule has 1 aromatic heterocycles. The third-order valence-corrected chi connectivity index (χ3v) is 6.78. The predicted molar refractivity (Wildman–Crippen MR) is 126 cm³/mol. The smallest absolute Gasteiger partial charge is 0.273 e. The van der Waals surface area contributed by atoms with Gasteiger partial charge in [0.05, 0.1) is 11.6 Å². The van der Waals surface area contributed by atoms with Crippen molar-refractivity contribution in [3.8, 4) is 17.2 Å². The lowest BCUT2D eigenvalue weighted by molar-refractivity contribution is -0.127. The summed E-state index contributed by atoms with van der Waals surface area (Å²) in [5, 5.41) is 12.4. The maximum Gasteiger partial charge on any atom is 0.273 e. The molecule has 1 saturated carbocycles. The van der Waals surface area contributed by atoms with Crippen LogP contribution in [-0.2, 0) is 17.8 Å². The van der Waals surface area contributed by atoms with E-state index in [2.05, 4.69) is 16.4 Å². The molecule has 0 unspecified atom stereocenters. The average Bonchev–Trinajstić information content (AvgIpc) is 3.15. The molecular formula is C26H31N5O2. The molecule has 2 amide bonds. The number of amides is 2. The summed E-state index contributed by atoms with van der Waals surface area (Å²) in [6, 6.07) is 11.6. The summed E-state index contributed by atoms with van der Waals surface area (Å²) in [4.78, 5) is 31.4. The van der Waals surface area contributed by atoms with Crippen LogP contribution in [0.5, 0.6) is 0 Å². The summed E-state index contributed by atoms with van der Waals surface area (Å²) in [6.45, 7) is 4.59. The molecular weight excluding hydrogens is 414 g/mol. The number of nitrogens with two attached hydrogens (primary N) is 1. The Balaban J connectivity index is 1.42. The monoisotopic (exact) mass is 445 g/mol. The van der Waals surface area contributed by atoms with Crippen molar-refractivity contribution in [3.63, 3.8) is 0 Å². The molecule has 0 radical (unpaired) electrons. The van der Waals surface area contributed by atoms with E-state index in [1.165, 1.54) is 0 Å². The summed E-state index contributed by atoms with van der Waals surface area (Å²) in [5.41, 5.74) is 9.82. The lowest BCUT2D eigenvalue weighted by Crippen LogP contribution is -2.57. The normalized spacial score (nSPS) is 18.0. The fourth-order valence-electron chi connectivity index (χ4n) is 4.70. The molecule has 1 aliphatic heterocycles. The summed E-state index contributed by atoms with van der Waals surface area (Å²) < 4.78 is 0. The van der Waals surface area contributed by atoms with Crippen LogP contribution in [0.2, 0.25) is 0 Å². The number of hydrogen-bond acceptors (Lipinski definition) is 5. The molecule has 2 aliphatic rings. The zero-order chi connectivity index (χ0) is 23.6. The molecule has 7 nitrogen and oxygen atoms in total. The molecule has 172 valence electrons. The highest BCUT2D eigenvalue weighted by Crippen LogP contribution is 2.29. The van der Waals surface area contributed by atoms with E-state index in [0.717, 1.165) is 41.5 Å². The highest BCUT2D eigenvalue weighted by molar-refractivity contribution is 5.97. The minimum atomic E-state index is -0.857. The average molecular weight is 446 g/mol. The molecule has 2 heterocycles. The lowest BCUT2D eigenvalue weighted by atomic mass is 9.81. The molecule has 2 aromatic rings. The number of fused-ring (bicyclic) bond motifs is 1. The van der Waals surface area contributed by atoms with E-state index in [9.17, 15) is 14.9 Å². The molecule has 1 aromatic carbocycles. The molecule has 4 rings (SSSR count). The van der Waals surface area contributed by atoms with Crippen molar-refractivity contribution in [3.05, 3.63) is 53.3 Å². The van der Waals surface area contributed by atoms with Gasteiger partial charge >= 0.3 is 0 Å². The quantitative estimate of drug-likeness (QED) is 0.708. The molecule has 1 atom stereocenters. The minimum absolute atomic E-state index is 0.0148. The second-order valence-electron chi connectivity index (χ2n) is 9.53. The third-order valence-electron chi connectivity index (χ3n) is 6.78. The van der Waals surface area contributed by atoms with Gasteiger partial charge in [0.25, 0.3) is 5.91 Å². The van der Waals surface area contributed by atoms with Gasteiger partial charge in [-0.15, -0.1) is 0 Å². The molecule has 0 bridgehead atoms. The molecule has 0 saturated heterocycles. The van der Waals surface area contributed by atoms with E-state index in [0.29, 0.717) is 31.5 Å². The summed E-state index contributed by atoms with van der Waals surface area (Å²) in [7, 11) is 0. The van der Waals surface area contributed by atoms with Crippen LogP contribution in [0, 0.1) is 11.3 Å². The number of benzene rings is 1. The van der Waals surface area contributed by atoms with E-state index in [-0.39, 0.29) is 17.9 Å². The van der Waals surface area contributed by atoms with Crippen molar-refractivity contribution in [1.29, 1.82) is 5.26 Å².